The second-order valence-corrected chi connectivity index (χ2v) is 7.43. The average molecular weight is 478 g/mol. The lowest BCUT2D eigenvalue weighted by molar-refractivity contribution is -0.137. The van der Waals surface area contributed by atoms with Gasteiger partial charge in [-0.15, -0.1) is 5.10 Å². The van der Waals surface area contributed by atoms with Gasteiger partial charge in [-0.25, -0.2) is 0 Å². The van der Waals surface area contributed by atoms with Crippen molar-refractivity contribution in [2.24, 2.45) is 0 Å². The molecule has 35 heavy (non-hydrogen) atoms. The Morgan fingerprint density at radius 1 is 0.886 bits per heavy atom. The smallest absolute Gasteiger partial charge is 0.416 e. The summed E-state index contributed by atoms with van der Waals surface area (Å²) in [5, 5.41) is 11.4. The van der Waals surface area contributed by atoms with E-state index in [0.717, 1.165) is 23.0 Å². The van der Waals surface area contributed by atoms with Crippen molar-refractivity contribution >= 4 is 22.6 Å². The van der Waals surface area contributed by atoms with Gasteiger partial charge in [0.15, 0.2) is 0 Å². The number of alkyl halides is 3. The number of anilines is 2. The molecule has 0 amide bonds. The number of hydrogen-bond acceptors (Lipinski definition) is 7. The van der Waals surface area contributed by atoms with Crippen molar-refractivity contribution in [1.29, 1.82) is 0 Å². The number of pyridine rings is 1. The molecule has 10 heteroatoms. The number of fused-ring (bicyclic) bond motifs is 1. The van der Waals surface area contributed by atoms with Crippen molar-refractivity contribution < 1.29 is 27.1 Å². The molecule has 2 aromatic heterocycles. The number of ether oxygens (including phenoxy) is 2. The van der Waals surface area contributed by atoms with E-state index in [1.54, 1.807) is 43.6 Å². The molecule has 0 bridgehead atoms. The molecule has 7 nitrogen and oxygen atoms in total. The second kappa shape index (κ2) is 8.98. The zero-order valence-corrected chi connectivity index (χ0v) is 18.2. The first-order chi connectivity index (χ1) is 16.9. The SMILES string of the molecule is COc1ccc2c(Oc3ccc(-c4nnc(Nc5cccc(C(F)(F)F)c5)o4)cc3)ccnc2c1. The highest BCUT2D eigenvalue weighted by molar-refractivity contribution is 5.86. The normalized spacial score (nSPS) is 11.4. The first-order valence-corrected chi connectivity index (χ1v) is 10.4. The standard InChI is InChI=1S/C25H17F3N4O3/c1-33-19-9-10-20-21(14-19)29-12-11-22(20)34-18-7-5-15(6-8-18)23-31-32-24(35-23)30-17-4-2-3-16(13-17)25(26,27)28/h2-14H,1H3,(H,30,32). The third kappa shape index (κ3) is 4.86. The molecule has 0 saturated carbocycles. The Morgan fingerprint density at radius 2 is 1.69 bits per heavy atom. The molecule has 0 aliphatic carbocycles. The number of hydrogen-bond donors (Lipinski definition) is 1. The lowest BCUT2D eigenvalue weighted by atomic mass is 10.2. The summed E-state index contributed by atoms with van der Waals surface area (Å²) < 4.78 is 55.6. The van der Waals surface area contributed by atoms with Crippen molar-refractivity contribution in [1.82, 2.24) is 15.2 Å². The summed E-state index contributed by atoms with van der Waals surface area (Å²) in [7, 11) is 1.59. The highest BCUT2D eigenvalue weighted by Gasteiger charge is 2.30. The zero-order chi connectivity index (χ0) is 24.4. The number of benzene rings is 3. The number of nitrogens with one attached hydrogen (secondary N) is 1. The molecule has 0 aliphatic heterocycles. The van der Waals surface area contributed by atoms with Gasteiger partial charge in [0.25, 0.3) is 0 Å². The van der Waals surface area contributed by atoms with Crippen molar-refractivity contribution in [2.75, 3.05) is 12.4 Å². The first kappa shape index (κ1) is 22.2. The Balaban J connectivity index is 1.31. The molecule has 1 N–H and O–H groups in total. The minimum atomic E-state index is -4.45. The summed E-state index contributed by atoms with van der Waals surface area (Å²) in [5.74, 6) is 2.12. The third-order valence-corrected chi connectivity index (χ3v) is 5.11. The molecule has 0 atom stereocenters. The van der Waals surface area contributed by atoms with Gasteiger partial charge in [0.05, 0.1) is 18.2 Å². The lowest BCUT2D eigenvalue weighted by Crippen LogP contribution is -2.05. The summed E-state index contributed by atoms with van der Waals surface area (Å²) in [6, 6.07) is 19.0. The predicted molar refractivity (Wildman–Crippen MR) is 123 cm³/mol. The Bertz CT molecular complexity index is 1480. The van der Waals surface area contributed by atoms with Crippen LogP contribution in [0.15, 0.2) is 83.4 Å². The molecule has 5 rings (SSSR count). The molecule has 0 spiro atoms. The highest BCUT2D eigenvalue weighted by Crippen LogP contribution is 2.33. The van der Waals surface area contributed by atoms with Crippen LogP contribution in [0.3, 0.4) is 0 Å². The summed E-state index contributed by atoms with van der Waals surface area (Å²) in [6.07, 6.45) is -2.79. The Hall–Kier alpha value is -4.60. The molecular weight excluding hydrogens is 461 g/mol. The van der Waals surface area contributed by atoms with Crippen LogP contribution in [0.1, 0.15) is 5.56 Å². The van der Waals surface area contributed by atoms with Crippen molar-refractivity contribution in [3.63, 3.8) is 0 Å². The summed E-state index contributed by atoms with van der Waals surface area (Å²) >= 11 is 0. The van der Waals surface area contributed by atoms with Crippen LogP contribution in [0.25, 0.3) is 22.4 Å². The molecular formula is C25H17F3N4O3. The second-order valence-electron chi connectivity index (χ2n) is 7.43. The van der Waals surface area contributed by atoms with Crippen LogP contribution >= 0.6 is 0 Å². The maximum atomic E-state index is 12.9. The van der Waals surface area contributed by atoms with E-state index in [-0.39, 0.29) is 17.6 Å². The molecule has 5 aromatic rings. The molecule has 176 valence electrons. The van der Waals surface area contributed by atoms with Crippen LogP contribution in [-0.4, -0.2) is 22.3 Å². The Kier molecular flexibility index (Phi) is 5.69. The molecule has 2 heterocycles. The molecule has 0 aliphatic rings. The first-order valence-electron chi connectivity index (χ1n) is 10.4. The monoisotopic (exact) mass is 478 g/mol. The van der Waals surface area contributed by atoms with Crippen molar-refractivity contribution in [3.8, 4) is 28.7 Å². The van der Waals surface area contributed by atoms with Crippen LogP contribution < -0.4 is 14.8 Å². The van der Waals surface area contributed by atoms with E-state index < -0.39 is 11.7 Å². The fourth-order valence-electron chi connectivity index (χ4n) is 3.40. The van der Waals surface area contributed by atoms with E-state index in [1.165, 1.54) is 12.1 Å². The van der Waals surface area contributed by atoms with E-state index in [4.69, 9.17) is 13.9 Å². The Morgan fingerprint density at radius 3 is 2.46 bits per heavy atom. The van der Waals surface area contributed by atoms with E-state index in [9.17, 15) is 13.2 Å². The molecule has 0 radical (unpaired) electrons. The van der Waals surface area contributed by atoms with Gasteiger partial charge in [0.2, 0.25) is 5.89 Å². The largest absolute Gasteiger partial charge is 0.497 e. The minimum Gasteiger partial charge on any atom is -0.497 e. The van der Waals surface area contributed by atoms with E-state index >= 15 is 0 Å². The fourth-order valence-corrected chi connectivity index (χ4v) is 3.40. The lowest BCUT2D eigenvalue weighted by Gasteiger charge is -2.09. The van der Waals surface area contributed by atoms with Gasteiger partial charge >= 0.3 is 12.2 Å². The van der Waals surface area contributed by atoms with E-state index in [1.807, 2.05) is 18.2 Å². The molecule has 0 fully saturated rings. The molecule has 0 unspecified atom stereocenters. The number of methoxy groups -OCH3 is 1. The predicted octanol–water partition coefficient (Wildman–Crippen LogP) is 6.85. The number of rotatable bonds is 6. The zero-order valence-electron chi connectivity index (χ0n) is 18.2. The fraction of sp³-hybridized carbons (Fsp3) is 0.0800. The average Bonchev–Trinajstić information content (AvgIpc) is 3.32. The highest BCUT2D eigenvalue weighted by atomic mass is 19.4. The van der Waals surface area contributed by atoms with Gasteiger partial charge in [-0.2, -0.15) is 13.2 Å². The summed E-state index contributed by atoms with van der Waals surface area (Å²) in [4.78, 5) is 4.35. The summed E-state index contributed by atoms with van der Waals surface area (Å²) in [5.41, 5.74) is 0.760. The van der Waals surface area contributed by atoms with Crippen molar-refractivity contribution in [3.05, 3.63) is 84.6 Å². The van der Waals surface area contributed by atoms with Crippen LogP contribution in [-0.2, 0) is 6.18 Å². The van der Waals surface area contributed by atoms with Crippen LogP contribution in [0.5, 0.6) is 17.2 Å². The Labute approximate surface area is 197 Å². The van der Waals surface area contributed by atoms with Crippen LogP contribution in [0, 0.1) is 0 Å². The van der Waals surface area contributed by atoms with Gasteiger partial charge in [0, 0.05) is 28.9 Å². The van der Waals surface area contributed by atoms with Crippen LogP contribution in [0.2, 0.25) is 0 Å². The van der Waals surface area contributed by atoms with Gasteiger partial charge < -0.3 is 19.2 Å². The van der Waals surface area contributed by atoms with Gasteiger partial charge in [-0.1, -0.05) is 11.2 Å². The van der Waals surface area contributed by atoms with Gasteiger partial charge in [0.1, 0.15) is 17.2 Å². The topological polar surface area (TPSA) is 82.3 Å². The third-order valence-electron chi connectivity index (χ3n) is 5.11. The number of halogens is 3. The minimum absolute atomic E-state index is 0.0293. The molecule has 0 saturated heterocycles. The van der Waals surface area contributed by atoms with Gasteiger partial charge in [-0.3, -0.25) is 4.98 Å². The van der Waals surface area contributed by atoms with E-state index in [2.05, 4.69) is 20.5 Å². The number of aromatic nitrogens is 3. The quantitative estimate of drug-likeness (QED) is 0.286. The molecule has 3 aromatic carbocycles. The number of nitrogens with zero attached hydrogens (tertiary/aromatic N) is 3. The van der Waals surface area contributed by atoms with Crippen LogP contribution in [0.4, 0.5) is 24.9 Å². The maximum Gasteiger partial charge on any atom is 0.416 e. The van der Waals surface area contributed by atoms with E-state index in [0.29, 0.717) is 22.8 Å². The summed E-state index contributed by atoms with van der Waals surface area (Å²) in [6.45, 7) is 0. The van der Waals surface area contributed by atoms with Crippen molar-refractivity contribution in [2.45, 2.75) is 6.18 Å². The van der Waals surface area contributed by atoms with Gasteiger partial charge in [-0.05, 0) is 60.7 Å². The maximum absolute atomic E-state index is 12.9.